The summed E-state index contributed by atoms with van der Waals surface area (Å²) in [6.07, 6.45) is 2.88. The van der Waals surface area contributed by atoms with Crippen LogP contribution in [0.1, 0.15) is 74.8 Å². The zero-order valence-corrected chi connectivity index (χ0v) is 23.3. The van der Waals surface area contributed by atoms with Crippen LogP contribution in [-0.4, -0.2) is 62.2 Å². The van der Waals surface area contributed by atoms with Gasteiger partial charge in [0, 0.05) is 37.0 Å². The van der Waals surface area contributed by atoms with Crippen LogP contribution in [0, 0.1) is 6.92 Å². The first kappa shape index (κ1) is 28.9. The number of amides is 1. The normalized spacial score (nSPS) is 12.2. The van der Waals surface area contributed by atoms with E-state index in [1.165, 1.54) is 0 Å². The van der Waals surface area contributed by atoms with Gasteiger partial charge in [-0.25, -0.2) is 8.42 Å². The van der Waals surface area contributed by atoms with Crippen molar-refractivity contribution in [3.05, 3.63) is 52.8 Å². The smallest absolute Gasteiger partial charge is 0.267 e. The molecule has 196 valence electrons. The molecule has 0 spiro atoms. The highest BCUT2D eigenvalue weighted by atomic mass is 32.2. The molecule has 0 aliphatic carbocycles. The molecule has 0 unspecified atom stereocenters. The van der Waals surface area contributed by atoms with Crippen LogP contribution in [0.3, 0.4) is 0 Å². The van der Waals surface area contributed by atoms with Gasteiger partial charge in [0.1, 0.15) is 11.4 Å². The van der Waals surface area contributed by atoms with Crippen molar-refractivity contribution in [2.75, 3.05) is 38.4 Å². The van der Waals surface area contributed by atoms with Crippen molar-refractivity contribution >= 4 is 15.7 Å². The molecule has 1 aromatic carbocycles. The van der Waals surface area contributed by atoms with Gasteiger partial charge in [-0.15, -0.1) is 0 Å². The number of nitrogens with zero attached hydrogens (tertiary/aromatic N) is 2. The number of sulfone groups is 1. The van der Waals surface area contributed by atoms with E-state index in [1.807, 2.05) is 25.1 Å². The van der Waals surface area contributed by atoms with Gasteiger partial charge in [-0.1, -0.05) is 39.8 Å². The van der Waals surface area contributed by atoms with Crippen LogP contribution in [0.5, 0.6) is 5.75 Å². The van der Waals surface area contributed by atoms with Crippen LogP contribution in [0.25, 0.3) is 0 Å². The fourth-order valence-electron chi connectivity index (χ4n) is 4.83. The molecular formula is C27H43N3O4S. The van der Waals surface area contributed by atoms with Crippen LogP contribution in [0.15, 0.2) is 30.3 Å². The number of ether oxygens (including phenoxy) is 1. The van der Waals surface area contributed by atoms with Gasteiger partial charge < -0.3 is 19.5 Å². The molecule has 0 fully saturated rings. The summed E-state index contributed by atoms with van der Waals surface area (Å²) in [5.74, 6) is 0.178. The summed E-state index contributed by atoms with van der Waals surface area (Å²) in [6.45, 7) is 16.7. The third-order valence-electron chi connectivity index (χ3n) is 6.99. The van der Waals surface area contributed by atoms with Gasteiger partial charge in [-0.3, -0.25) is 4.79 Å². The average Bonchev–Trinajstić information content (AvgIpc) is 3.26. The second-order valence-corrected chi connectivity index (χ2v) is 11.2. The molecule has 0 aliphatic heterocycles. The van der Waals surface area contributed by atoms with E-state index in [9.17, 15) is 13.2 Å². The maximum absolute atomic E-state index is 13.1. The number of hydrogen-bond donors (Lipinski definition) is 1. The highest BCUT2D eigenvalue weighted by molar-refractivity contribution is 7.90. The fraction of sp³-hybridized carbons (Fsp3) is 0.593. The van der Waals surface area contributed by atoms with Crippen molar-refractivity contribution < 1.29 is 17.9 Å². The molecule has 7 nitrogen and oxygen atoms in total. The Bertz CT molecular complexity index is 1080. The molecule has 0 saturated carbocycles. The van der Waals surface area contributed by atoms with E-state index >= 15 is 0 Å². The van der Waals surface area contributed by atoms with Gasteiger partial charge in [-0.05, 0) is 69.1 Å². The largest absolute Gasteiger partial charge is 0.478 e. The fourth-order valence-corrected chi connectivity index (χ4v) is 5.17. The van der Waals surface area contributed by atoms with E-state index in [2.05, 4.69) is 61.5 Å². The van der Waals surface area contributed by atoms with Gasteiger partial charge in [-0.2, -0.15) is 0 Å². The molecule has 0 saturated heterocycles. The van der Waals surface area contributed by atoms with Crippen molar-refractivity contribution in [3.63, 3.8) is 0 Å². The minimum atomic E-state index is -3.23. The zero-order chi connectivity index (χ0) is 26.2. The summed E-state index contributed by atoms with van der Waals surface area (Å²) in [5.41, 5.74) is 3.53. The van der Waals surface area contributed by atoms with Crippen molar-refractivity contribution in [3.8, 4) is 5.75 Å². The third kappa shape index (κ3) is 6.88. The van der Waals surface area contributed by atoms with Crippen molar-refractivity contribution in [1.82, 2.24) is 14.8 Å². The standard InChI is InChI=1S/C27H43N3O4S/c1-8-27(9-2,22-13-15-24(21(6)19-22)34-20-35(7,32)33)25-16-14-23(30(25)12-5)26(31)28-17-18-29(10-3)11-4/h13-16,19H,8-12,17-18,20H2,1-7H3,(H,28,31). The number of aromatic nitrogens is 1. The zero-order valence-electron chi connectivity index (χ0n) is 22.5. The van der Waals surface area contributed by atoms with Crippen LogP contribution in [0.4, 0.5) is 0 Å². The number of carbonyl (C=O) groups is 1. The number of benzene rings is 1. The first-order valence-corrected chi connectivity index (χ1v) is 14.7. The molecule has 0 radical (unpaired) electrons. The number of rotatable bonds is 14. The Balaban J connectivity index is 2.38. The summed E-state index contributed by atoms with van der Waals surface area (Å²) in [4.78, 5) is 15.4. The quantitative estimate of drug-likeness (QED) is 0.412. The highest BCUT2D eigenvalue weighted by Crippen LogP contribution is 2.41. The summed E-state index contributed by atoms with van der Waals surface area (Å²) >= 11 is 0. The Morgan fingerprint density at radius 1 is 1.06 bits per heavy atom. The number of likely N-dealkylation sites (N-methyl/N-ethyl adjacent to an activating group) is 1. The second kappa shape index (κ2) is 12.6. The number of nitrogens with one attached hydrogen (secondary N) is 1. The number of carbonyl (C=O) groups excluding carboxylic acids is 1. The predicted octanol–water partition coefficient (Wildman–Crippen LogP) is 4.38. The Labute approximate surface area is 211 Å². The van der Waals surface area contributed by atoms with E-state index < -0.39 is 9.84 Å². The van der Waals surface area contributed by atoms with Gasteiger partial charge in [0.25, 0.3) is 5.91 Å². The van der Waals surface area contributed by atoms with Crippen LogP contribution < -0.4 is 10.1 Å². The van der Waals surface area contributed by atoms with Gasteiger partial charge in [0.15, 0.2) is 15.8 Å². The molecule has 1 heterocycles. The van der Waals surface area contributed by atoms with E-state index in [4.69, 9.17) is 4.74 Å². The summed E-state index contributed by atoms with van der Waals surface area (Å²) in [5, 5.41) is 3.09. The molecule has 2 rings (SSSR count). The van der Waals surface area contributed by atoms with Gasteiger partial charge >= 0.3 is 0 Å². The van der Waals surface area contributed by atoms with Gasteiger partial charge in [0.2, 0.25) is 0 Å². The van der Waals surface area contributed by atoms with Crippen molar-refractivity contribution in [2.45, 2.75) is 66.3 Å². The Morgan fingerprint density at radius 2 is 1.71 bits per heavy atom. The Morgan fingerprint density at radius 3 is 2.23 bits per heavy atom. The summed E-state index contributed by atoms with van der Waals surface area (Å²) in [6, 6.07) is 9.98. The predicted molar refractivity (Wildman–Crippen MR) is 143 cm³/mol. The van der Waals surface area contributed by atoms with E-state index in [0.717, 1.165) is 55.6 Å². The molecule has 0 aliphatic rings. The maximum atomic E-state index is 13.1. The molecule has 1 aromatic heterocycles. The lowest BCUT2D eigenvalue weighted by atomic mass is 9.72. The monoisotopic (exact) mass is 505 g/mol. The minimum Gasteiger partial charge on any atom is -0.478 e. The van der Waals surface area contributed by atoms with E-state index in [1.54, 1.807) is 0 Å². The van der Waals surface area contributed by atoms with Crippen LogP contribution in [0.2, 0.25) is 0 Å². The summed E-state index contributed by atoms with van der Waals surface area (Å²) < 4.78 is 30.7. The second-order valence-electron chi connectivity index (χ2n) is 9.09. The molecule has 0 atom stereocenters. The first-order chi connectivity index (χ1) is 16.6. The van der Waals surface area contributed by atoms with Crippen molar-refractivity contribution in [2.24, 2.45) is 0 Å². The minimum absolute atomic E-state index is 0.0490. The maximum Gasteiger partial charge on any atom is 0.267 e. The third-order valence-corrected chi connectivity index (χ3v) is 7.54. The number of aryl methyl sites for hydroxylation is 1. The van der Waals surface area contributed by atoms with E-state index in [-0.39, 0.29) is 17.3 Å². The SMILES string of the molecule is CCN(CC)CCNC(=O)c1ccc(C(CC)(CC)c2ccc(OCS(C)(=O)=O)c(C)c2)n1CC. The topological polar surface area (TPSA) is 80.6 Å². The first-order valence-electron chi connectivity index (χ1n) is 12.7. The molecule has 2 aromatic rings. The lowest BCUT2D eigenvalue weighted by Crippen LogP contribution is -2.36. The Kier molecular flexibility index (Phi) is 10.4. The Hall–Kier alpha value is -2.32. The molecule has 1 N–H and O–H groups in total. The highest BCUT2D eigenvalue weighted by Gasteiger charge is 2.35. The molecule has 35 heavy (non-hydrogen) atoms. The van der Waals surface area contributed by atoms with Crippen LogP contribution in [-0.2, 0) is 21.8 Å². The molecule has 8 heteroatoms. The number of hydrogen-bond acceptors (Lipinski definition) is 5. The summed E-state index contributed by atoms with van der Waals surface area (Å²) in [7, 11) is -3.23. The lowest BCUT2D eigenvalue weighted by molar-refractivity contribution is 0.0939. The average molecular weight is 506 g/mol. The lowest BCUT2D eigenvalue weighted by Gasteiger charge is -2.34. The van der Waals surface area contributed by atoms with Crippen molar-refractivity contribution in [1.29, 1.82) is 0 Å². The molecular weight excluding hydrogens is 462 g/mol. The molecule has 1 amide bonds. The van der Waals surface area contributed by atoms with E-state index in [0.29, 0.717) is 24.5 Å². The molecule has 0 bridgehead atoms. The van der Waals surface area contributed by atoms with Gasteiger partial charge in [0.05, 0.1) is 0 Å². The van der Waals surface area contributed by atoms with Crippen LogP contribution >= 0.6 is 0 Å².